The number of likely N-dealkylation sites (tertiary alicyclic amines) is 1. The molecule has 1 amide bonds. The van der Waals surface area contributed by atoms with E-state index in [9.17, 15) is 4.79 Å². The number of ether oxygens (including phenoxy) is 1. The number of hydrogen-bond donors (Lipinski definition) is 0. The molecule has 6 nitrogen and oxygen atoms in total. The molecule has 6 heteroatoms. The largest absolute Gasteiger partial charge is 0.487 e. The third-order valence-corrected chi connectivity index (χ3v) is 4.83. The number of aryl methyl sites for hydroxylation is 2. The summed E-state index contributed by atoms with van der Waals surface area (Å²) < 4.78 is 11.1. The number of aromatic nitrogens is 2. The van der Waals surface area contributed by atoms with E-state index in [2.05, 4.69) is 22.3 Å². The summed E-state index contributed by atoms with van der Waals surface area (Å²) in [4.78, 5) is 18.3. The zero-order valence-corrected chi connectivity index (χ0v) is 15.9. The first-order chi connectivity index (χ1) is 13.7. The Labute approximate surface area is 164 Å². The molecule has 1 aliphatic heterocycles. The molecule has 2 aromatic carbocycles. The zero-order chi connectivity index (χ0) is 19.3. The summed E-state index contributed by atoms with van der Waals surface area (Å²) >= 11 is 0. The van der Waals surface area contributed by atoms with Crippen molar-refractivity contribution >= 4 is 5.91 Å². The van der Waals surface area contributed by atoms with E-state index in [0.717, 1.165) is 24.2 Å². The fourth-order valence-electron chi connectivity index (χ4n) is 3.25. The van der Waals surface area contributed by atoms with Crippen molar-refractivity contribution in [2.45, 2.75) is 32.3 Å². The number of nitrogens with zero attached hydrogens (tertiary/aromatic N) is 3. The number of carbonyl (C=O) groups excluding carboxylic acids is 1. The molecule has 1 saturated heterocycles. The van der Waals surface area contributed by atoms with Gasteiger partial charge in [-0.2, -0.15) is 4.98 Å². The Morgan fingerprint density at radius 2 is 1.89 bits per heavy atom. The van der Waals surface area contributed by atoms with Crippen LogP contribution in [-0.4, -0.2) is 40.1 Å². The molecule has 0 N–H and O–H groups in total. The molecular formula is C22H23N3O3. The molecule has 3 aromatic rings. The van der Waals surface area contributed by atoms with Crippen molar-refractivity contribution < 1.29 is 14.1 Å². The summed E-state index contributed by atoms with van der Waals surface area (Å²) in [6.45, 7) is 3.08. The highest BCUT2D eigenvalue weighted by molar-refractivity contribution is 5.77. The van der Waals surface area contributed by atoms with E-state index in [0.29, 0.717) is 31.2 Å². The van der Waals surface area contributed by atoms with Gasteiger partial charge < -0.3 is 14.2 Å². The minimum absolute atomic E-state index is 0.0505. The summed E-state index contributed by atoms with van der Waals surface area (Å²) in [6.07, 6.45) is 2.45. The van der Waals surface area contributed by atoms with Crippen molar-refractivity contribution in [3.63, 3.8) is 0 Å². The molecule has 0 aliphatic carbocycles. The van der Waals surface area contributed by atoms with Crippen LogP contribution in [0.3, 0.4) is 0 Å². The highest BCUT2D eigenvalue weighted by Gasteiger charge is 2.31. The van der Waals surface area contributed by atoms with Gasteiger partial charge in [0.15, 0.2) is 5.82 Å². The van der Waals surface area contributed by atoms with Gasteiger partial charge >= 0.3 is 0 Å². The normalized spacial score (nSPS) is 14.0. The highest BCUT2D eigenvalue weighted by atomic mass is 16.5. The van der Waals surface area contributed by atoms with Crippen molar-refractivity contribution in [1.82, 2.24) is 15.0 Å². The van der Waals surface area contributed by atoms with Crippen molar-refractivity contribution in [3.05, 3.63) is 66.0 Å². The number of benzene rings is 2. The molecule has 1 aromatic heterocycles. The van der Waals surface area contributed by atoms with Crippen LogP contribution in [0.2, 0.25) is 0 Å². The van der Waals surface area contributed by atoms with Gasteiger partial charge in [-0.1, -0.05) is 35.5 Å². The van der Waals surface area contributed by atoms with Gasteiger partial charge in [0, 0.05) is 12.0 Å². The van der Waals surface area contributed by atoms with Crippen LogP contribution in [0.25, 0.3) is 11.5 Å². The molecule has 4 rings (SSSR count). The van der Waals surface area contributed by atoms with Gasteiger partial charge in [-0.3, -0.25) is 4.79 Å². The topological polar surface area (TPSA) is 68.5 Å². The first-order valence-corrected chi connectivity index (χ1v) is 9.56. The van der Waals surface area contributed by atoms with Gasteiger partial charge in [0.1, 0.15) is 11.9 Å². The Morgan fingerprint density at radius 3 is 2.57 bits per heavy atom. The lowest BCUT2D eigenvalue weighted by atomic mass is 10.1. The van der Waals surface area contributed by atoms with Crippen LogP contribution in [0, 0.1) is 6.92 Å². The van der Waals surface area contributed by atoms with Crippen molar-refractivity contribution in [2.75, 3.05) is 13.1 Å². The van der Waals surface area contributed by atoms with E-state index in [4.69, 9.17) is 9.26 Å². The van der Waals surface area contributed by atoms with E-state index in [1.165, 1.54) is 5.56 Å². The molecule has 1 aliphatic rings. The fourth-order valence-corrected chi connectivity index (χ4v) is 3.25. The lowest BCUT2D eigenvalue weighted by molar-refractivity contribution is -0.140. The Kier molecular flexibility index (Phi) is 5.37. The van der Waals surface area contributed by atoms with Crippen LogP contribution < -0.4 is 4.74 Å². The van der Waals surface area contributed by atoms with Gasteiger partial charge in [0.25, 0.3) is 5.89 Å². The number of amides is 1. The predicted molar refractivity (Wildman–Crippen MR) is 105 cm³/mol. The van der Waals surface area contributed by atoms with Crippen LogP contribution in [0.4, 0.5) is 0 Å². The fraction of sp³-hybridized carbons (Fsp3) is 0.318. The standard InChI is InChI=1S/C22H23N3O3/c1-16-23-22(28-24-16)18-10-12-19(13-11-18)27-20-14-25(15-20)21(26)9-5-8-17-6-3-2-4-7-17/h2-4,6-7,10-13,20H,5,8-9,14-15H2,1H3. The SMILES string of the molecule is Cc1noc(-c2ccc(OC3CN(C(=O)CCCc4ccccc4)C3)cc2)n1. The van der Waals surface area contributed by atoms with Crippen LogP contribution in [-0.2, 0) is 11.2 Å². The smallest absolute Gasteiger partial charge is 0.257 e. The molecule has 0 atom stereocenters. The molecule has 0 radical (unpaired) electrons. The average molecular weight is 377 g/mol. The molecule has 144 valence electrons. The quantitative estimate of drug-likeness (QED) is 0.629. The van der Waals surface area contributed by atoms with Crippen molar-refractivity contribution in [3.8, 4) is 17.2 Å². The molecule has 28 heavy (non-hydrogen) atoms. The van der Waals surface area contributed by atoms with Crippen molar-refractivity contribution in [2.24, 2.45) is 0 Å². The maximum atomic E-state index is 12.3. The molecule has 0 bridgehead atoms. The number of carbonyl (C=O) groups is 1. The molecule has 0 saturated carbocycles. The zero-order valence-electron chi connectivity index (χ0n) is 15.9. The summed E-state index contributed by atoms with van der Waals surface area (Å²) in [6, 6.07) is 17.8. The second-order valence-corrected chi connectivity index (χ2v) is 7.05. The van der Waals surface area contributed by atoms with Gasteiger partial charge in [-0.15, -0.1) is 0 Å². The van der Waals surface area contributed by atoms with E-state index in [-0.39, 0.29) is 12.0 Å². The third kappa shape index (κ3) is 4.39. The Hall–Kier alpha value is -3.15. The van der Waals surface area contributed by atoms with Crippen LogP contribution in [0.15, 0.2) is 59.1 Å². The number of hydrogen-bond acceptors (Lipinski definition) is 5. The molecule has 0 unspecified atom stereocenters. The van der Waals surface area contributed by atoms with Gasteiger partial charge in [0.2, 0.25) is 5.91 Å². The van der Waals surface area contributed by atoms with E-state index in [1.54, 1.807) is 6.92 Å². The second-order valence-electron chi connectivity index (χ2n) is 7.05. The Balaban J connectivity index is 1.19. The van der Waals surface area contributed by atoms with Crippen LogP contribution in [0.1, 0.15) is 24.2 Å². The Morgan fingerprint density at radius 1 is 1.14 bits per heavy atom. The minimum Gasteiger partial charge on any atom is -0.487 e. The lowest BCUT2D eigenvalue weighted by Gasteiger charge is -2.39. The van der Waals surface area contributed by atoms with Crippen molar-refractivity contribution in [1.29, 1.82) is 0 Å². The monoisotopic (exact) mass is 377 g/mol. The van der Waals surface area contributed by atoms with E-state index < -0.39 is 0 Å². The first kappa shape index (κ1) is 18.2. The lowest BCUT2D eigenvalue weighted by Crippen LogP contribution is -2.56. The minimum atomic E-state index is 0.0505. The number of rotatable bonds is 7. The van der Waals surface area contributed by atoms with Gasteiger partial charge in [-0.05, 0) is 49.6 Å². The maximum absolute atomic E-state index is 12.3. The summed E-state index contributed by atoms with van der Waals surface area (Å²) in [5, 5.41) is 3.79. The van der Waals surface area contributed by atoms with E-state index in [1.807, 2.05) is 47.4 Å². The summed E-state index contributed by atoms with van der Waals surface area (Å²) in [7, 11) is 0. The van der Waals surface area contributed by atoms with Crippen LogP contribution in [0.5, 0.6) is 5.75 Å². The van der Waals surface area contributed by atoms with E-state index >= 15 is 0 Å². The third-order valence-electron chi connectivity index (χ3n) is 4.83. The van der Waals surface area contributed by atoms with Gasteiger partial charge in [0.05, 0.1) is 13.1 Å². The first-order valence-electron chi connectivity index (χ1n) is 9.56. The summed E-state index contributed by atoms with van der Waals surface area (Å²) in [5.41, 5.74) is 2.14. The van der Waals surface area contributed by atoms with Gasteiger partial charge in [-0.25, -0.2) is 0 Å². The Bertz CT molecular complexity index is 916. The summed E-state index contributed by atoms with van der Waals surface area (Å²) in [5.74, 6) is 2.09. The van der Waals surface area contributed by atoms with Crippen LogP contribution >= 0.6 is 0 Å². The average Bonchev–Trinajstić information content (AvgIpc) is 3.12. The predicted octanol–water partition coefficient (Wildman–Crippen LogP) is 3.66. The molecule has 0 spiro atoms. The molecular weight excluding hydrogens is 354 g/mol. The molecule has 2 heterocycles. The highest BCUT2D eigenvalue weighted by Crippen LogP contribution is 2.23. The second kappa shape index (κ2) is 8.25. The molecule has 1 fully saturated rings. The maximum Gasteiger partial charge on any atom is 0.257 e.